The number of para-hydroxylation sites is 1. The Bertz CT molecular complexity index is 651. The Morgan fingerprint density at radius 3 is 3.14 bits per heavy atom. The SMILES string of the molecule is Fc1cccc2[nH]c(CN3CCOC4(CCOC4)C3)nc12. The van der Waals surface area contributed by atoms with Crippen LogP contribution in [0.4, 0.5) is 4.39 Å². The highest BCUT2D eigenvalue weighted by Crippen LogP contribution is 2.28. The molecular weight excluding hydrogens is 273 g/mol. The lowest BCUT2D eigenvalue weighted by atomic mass is 10.0. The van der Waals surface area contributed by atoms with Gasteiger partial charge in [0.15, 0.2) is 5.82 Å². The van der Waals surface area contributed by atoms with Crippen LogP contribution in [0, 0.1) is 5.82 Å². The van der Waals surface area contributed by atoms with Crippen LogP contribution in [0.1, 0.15) is 12.2 Å². The standard InChI is InChI=1S/C15H18FN3O2/c16-11-2-1-3-12-14(11)18-13(17-12)8-19-5-7-21-15(9-19)4-6-20-10-15/h1-3H,4-10H2,(H,17,18). The second-order valence-electron chi connectivity index (χ2n) is 5.86. The Hall–Kier alpha value is -1.50. The van der Waals surface area contributed by atoms with Crippen molar-refractivity contribution in [3.63, 3.8) is 0 Å². The van der Waals surface area contributed by atoms with Gasteiger partial charge in [-0.15, -0.1) is 0 Å². The highest BCUT2D eigenvalue weighted by molar-refractivity contribution is 5.75. The average Bonchev–Trinajstić information content (AvgIpc) is 3.07. The van der Waals surface area contributed by atoms with Crippen LogP contribution in [0.15, 0.2) is 18.2 Å². The summed E-state index contributed by atoms with van der Waals surface area (Å²) in [5.41, 5.74) is 1.01. The summed E-state index contributed by atoms with van der Waals surface area (Å²) in [7, 11) is 0. The number of imidazole rings is 1. The number of rotatable bonds is 2. The van der Waals surface area contributed by atoms with Crippen LogP contribution >= 0.6 is 0 Å². The summed E-state index contributed by atoms with van der Waals surface area (Å²) in [5, 5.41) is 0. The van der Waals surface area contributed by atoms with Gasteiger partial charge >= 0.3 is 0 Å². The number of halogens is 1. The molecule has 0 amide bonds. The summed E-state index contributed by atoms with van der Waals surface area (Å²) in [6.45, 7) is 4.52. The van der Waals surface area contributed by atoms with Crippen molar-refractivity contribution in [2.24, 2.45) is 0 Å². The van der Waals surface area contributed by atoms with E-state index in [0.717, 1.165) is 37.5 Å². The van der Waals surface area contributed by atoms with E-state index in [2.05, 4.69) is 14.9 Å². The van der Waals surface area contributed by atoms with Crippen LogP contribution in [0.3, 0.4) is 0 Å². The molecule has 0 saturated carbocycles. The number of aromatic nitrogens is 2. The van der Waals surface area contributed by atoms with E-state index >= 15 is 0 Å². The van der Waals surface area contributed by atoms with Crippen LogP contribution in [0.5, 0.6) is 0 Å². The zero-order valence-corrected chi connectivity index (χ0v) is 11.8. The van der Waals surface area contributed by atoms with Gasteiger partial charge in [0.2, 0.25) is 0 Å². The number of nitrogens with zero attached hydrogens (tertiary/aromatic N) is 2. The second-order valence-corrected chi connectivity index (χ2v) is 5.86. The first-order valence-corrected chi connectivity index (χ1v) is 7.31. The normalized spacial score (nSPS) is 26.9. The second kappa shape index (κ2) is 5.05. The van der Waals surface area contributed by atoms with Crippen molar-refractivity contribution in [1.29, 1.82) is 0 Å². The maximum atomic E-state index is 13.7. The number of nitrogens with one attached hydrogen (secondary N) is 1. The van der Waals surface area contributed by atoms with Crippen LogP contribution in [-0.2, 0) is 16.0 Å². The molecule has 5 nitrogen and oxygen atoms in total. The fraction of sp³-hybridized carbons (Fsp3) is 0.533. The molecule has 2 aromatic rings. The molecule has 0 radical (unpaired) electrons. The van der Waals surface area contributed by atoms with Gasteiger partial charge in [0.25, 0.3) is 0 Å². The lowest BCUT2D eigenvalue weighted by Gasteiger charge is -2.39. The van der Waals surface area contributed by atoms with Crippen molar-refractivity contribution in [3.8, 4) is 0 Å². The van der Waals surface area contributed by atoms with Crippen LogP contribution in [0.2, 0.25) is 0 Å². The molecule has 2 aliphatic heterocycles. The first-order valence-electron chi connectivity index (χ1n) is 7.31. The van der Waals surface area contributed by atoms with Crippen molar-refractivity contribution >= 4 is 11.0 Å². The lowest BCUT2D eigenvalue weighted by Crippen LogP contribution is -2.52. The van der Waals surface area contributed by atoms with Gasteiger partial charge in [0.1, 0.15) is 16.9 Å². The van der Waals surface area contributed by atoms with Gasteiger partial charge in [-0.05, 0) is 12.1 Å². The number of benzene rings is 1. The predicted octanol–water partition coefficient (Wildman–Crippen LogP) is 1.69. The summed E-state index contributed by atoms with van der Waals surface area (Å²) >= 11 is 0. The van der Waals surface area contributed by atoms with Gasteiger partial charge in [-0.2, -0.15) is 0 Å². The minimum Gasteiger partial charge on any atom is -0.378 e. The third-order valence-electron chi connectivity index (χ3n) is 4.28. The van der Waals surface area contributed by atoms with Gasteiger partial charge in [-0.1, -0.05) is 6.07 Å². The van der Waals surface area contributed by atoms with Gasteiger partial charge in [-0.3, -0.25) is 4.90 Å². The smallest absolute Gasteiger partial charge is 0.151 e. The number of hydrogen-bond donors (Lipinski definition) is 1. The van der Waals surface area contributed by atoms with Crippen molar-refractivity contribution < 1.29 is 13.9 Å². The molecule has 4 rings (SSSR count). The van der Waals surface area contributed by atoms with Crippen molar-refractivity contribution in [1.82, 2.24) is 14.9 Å². The number of H-pyrrole nitrogens is 1. The molecule has 0 aliphatic carbocycles. The van der Waals surface area contributed by atoms with E-state index in [1.807, 2.05) is 6.07 Å². The Kier molecular flexibility index (Phi) is 3.17. The topological polar surface area (TPSA) is 50.4 Å². The molecule has 2 saturated heterocycles. The molecule has 2 fully saturated rings. The molecular formula is C15H18FN3O2. The minimum absolute atomic E-state index is 0.157. The number of aromatic amines is 1. The molecule has 112 valence electrons. The molecule has 6 heteroatoms. The van der Waals surface area contributed by atoms with Crippen LogP contribution in [-0.4, -0.2) is 53.4 Å². The Morgan fingerprint density at radius 2 is 2.33 bits per heavy atom. The highest BCUT2D eigenvalue weighted by atomic mass is 19.1. The van der Waals surface area contributed by atoms with Gasteiger partial charge < -0.3 is 14.5 Å². The maximum absolute atomic E-state index is 13.7. The summed E-state index contributed by atoms with van der Waals surface area (Å²) in [5.74, 6) is 0.517. The van der Waals surface area contributed by atoms with E-state index < -0.39 is 0 Å². The molecule has 1 spiro atoms. The van der Waals surface area contributed by atoms with Gasteiger partial charge in [-0.25, -0.2) is 9.37 Å². The molecule has 21 heavy (non-hydrogen) atoms. The summed E-state index contributed by atoms with van der Waals surface area (Å²) < 4.78 is 25.1. The summed E-state index contributed by atoms with van der Waals surface area (Å²) in [6, 6.07) is 4.98. The Balaban J connectivity index is 1.53. The molecule has 1 aromatic heterocycles. The van der Waals surface area contributed by atoms with Crippen LogP contribution < -0.4 is 0 Å². The molecule has 2 aliphatic rings. The number of fused-ring (bicyclic) bond motifs is 1. The molecule has 1 atom stereocenters. The van der Waals surface area contributed by atoms with E-state index in [1.54, 1.807) is 6.07 Å². The zero-order chi connectivity index (χ0) is 14.3. The predicted molar refractivity (Wildman–Crippen MR) is 75.4 cm³/mol. The maximum Gasteiger partial charge on any atom is 0.151 e. The number of morpholine rings is 1. The van der Waals surface area contributed by atoms with Crippen LogP contribution in [0.25, 0.3) is 11.0 Å². The van der Waals surface area contributed by atoms with Gasteiger partial charge in [0.05, 0.1) is 25.3 Å². The minimum atomic E-state index is -0.280. The molecule has 1 N–H and O–H groups in total. The first kappa shape index (κ1) is 13.2. The van der Waals surface area contributed by atoms with Crippen molar-refractivity contribution in [2.75, 3.05) is 32.9 Å². The number of ether oxygens (including phenoxy) is 2. The van der Waals surface area contributed by atoms with E-state index in [-0.39, 0.29) is 11.4 Å². The van der Waals surface area contributed by atoms with E-state index in [1.165, 1.54) is 6.07 Å². The Morgan fingerprint density at radius 1 is 1.38 bits per heavy atom. The third-order valence-corrected chi connectivity index (χ3v) is 4.28. The number of hydrogen-bond acceptors (Lipinski definition) is 4. The zero-order valence-electron chi connectivity index (χ0n) is 11.8. The monoisotopic (exact) mass is 291 g/mol. The first-order chi connectivity index (χ1) is 10.2. The third kappa shape index (κ3) is 2.43. The van der Waals surface area contributed by atoms with Crippen molar-refractivity contribution in [2.45, 2.75) is 18.6 Å². The van der Waals surface area contributed by atoms with E-state index in [4.69, 9.17) is 9.47 Å². The Labute approximate surface area is 122 Å². The molecule has 1 aromatic carbocycles. The van der Waals surface area contributed by atoms with E-state index in [0.29, 0.717) is 25.3 Å². The van der Waals surface area contributed by atoms with Crippen molar-refractivity contribution in [3.05, 3.63) is 29.8 Å². The summed E-state index contributed by atoms with van der Waals surface area (Å²) in [6.07, 6.45) is 0.943. The fourth-order valence-corrected chi connectivity index (χ4v) is 3.22. The lowest BCUT2D eigenvalue weighted by molar-refractivity contribution is -0.111. The fourth-order valence-electron chi connectivity index (χ4n) is 3.22. The average molecular weight is 291 g/mol. The highest BCUT2D eigenvalue weighted by Gasteiger charge is 2.40. The quantitative estimate of drug-likeness (QED) is 0.915. The largest absolute Gasteiger partial charge is 0.378 e. The molecule has 3 heterocycles. The van der Waals surface area contributed by atoms with E-state index in [9.17, 15) is 4.39 Å². The molecule has 0 bridgehead atoms. The summed E-state index contributed by atoms with van der Waals surface area (Å²) in [4.78, 5) is 9.87. The molecule has 1 unspecified atom stereocenters. The van der Waals surface area contributed by atoms with Gasteiger partial charge in [0, 0.05) is 26.1 Å².